The number of hydrogen-bond donors (Lipinski definition) is 1. The number of morpholine rings is 1. The number of ether oxygens (including phenoxy) is 3. The smallest absolute Gasteiger partial charge is 0.340 e. The van der Waals surface area contributed by atoms with E-state index in [0.717, 1.165) is 5.69 Å². The third-order valence-electron chi connectivity index (χ3n) is 6.13. The number of hydrogen-bond acceptors (Lipinski definition) is 7. The summed E-state index contributed by atoms with van der Waals surface area (Å²) in [5.74, 6) is -1.55. The van der Waals surface area contributed by atoms with Crippen molar-refractivity contribution < 1.29 is 36.6 Å². The number of nitrogens with one attached hydrogen (secondary N) is 1. The standard InChI is InChI=1S/C26H28FN3O7S/c1-17-14-22(18(2)30(17)20-6-4-19(27)5-7-20)26(32)37-16-25(31)28-23-9-8-21(15-24(23)35-3)38(33,34)29-10-12-36-13-11-29/h4-9,14-15H,10-13,16H2,1-3H3,(H,28,31). The van der Waals surface area contributed by atoms with Gasteiger partial charge in [-0.3, -0.25) is 4.79 Å². The molecule has 1 amide bonds. The molecule has 202 valence electrons. The van der Waals surface area contributed by atoms with Crippen LogP contribution < -0.4 is 10.1 Å². The lowest BCUT2D eigenvalue weighted by Crippen LogP contribution is -2.40. The number of anilines is 1. The van der Waals surface area contributed by atoms with Crippen LogP contribution in [0.25, 0.3) is 5.69 Å². The van der Waals surface area contributed by atoms with Crippen molar-refractivity contribution >= 4 is 27.6 Å². The minimum atomic E-state index is -3.75. The number of carbonyl (C=O) groups is 2. The van der Waals surface area contributed by atoms with Gasteiger partial charge in [0.05, 0.1) is 36.5 Å². The highest BCUT2D eigenvalue weighted by Crippen LogP contribution is 2.29. The number of rotatable bonds is 8. The average molecular weight is 546 g/mol. The lowest BCUT2D eigenvalue weighted by molar-refractivity contribution is -0.119. The second-order valence-corrected chi connectivity index (χ2v) is 10.5. The zero-order chi connectivity index (χ0) is 27.4. The number of carbonyl (C=O) groups excluding carboxylic acids is 2. The van der Waals surface area contributed by atoms with E-state index in [1.165, 1.54) is 41.7 Å². The van der Waals surface area contributed by atoms with Crippen molar-refractivity contribution in [3.8, 4) is 11.4 Å². The van der Waals surface area contributed by atoms with Crippen molar-refractivity contribution in [3.63, 3.8) is 0 Å². The van der Waals surface area contributed by atoms with Gasteiger partial charge in [0, 0.05) is 36.2 Å². The molecule has 0 saturated carbocycles. The van der Waals surface area contributed by atoms with Gasteiger partial charge in [0.15, 0.2) is 6.61 Å². The summed E-state index contributed by atoms with van der Waals surface area (Å²) in [4.78, 5) is 25.3. The van der Waals surface area contributed by atoms with Crippen molar-refractivity contribution in [2.24, 2.45) is 0 Å². The molecular formula is C26H28FN3O7S. The first-order valence-corrected chi connectivity index (χ1v) is 13.2. The molecule has 1 aliphatic heterocycles. The van der Waals surface area contributed by atoms with E-state index in [1.807, 2.05) is 0 Å². The van der Waals surface area contributed by atoms with Crippen LogP contribution in [0.1, 0.15) is 21.7 Å². The predicted molar refractivity (Wildman–Crippen MR) is 137 cm³/mol. The molecule has 1 aliphatic rings. The van der Waals surface area contributed by atoms with Crippen LogP contribution in [0.2, 0.25) is 0 Å². The number of methoxy groups -OCH3 is 1. The Morgan fingerprint density at radius 1 is 1.05 bits per heavy atom. The van der Waals surface area contributed by atoms with E-state index in [1.54, 1.807) is 36.6 Å². The summed E-state index contributed by atoms with van der Waals surface area (Å²) in [6.07, 6.45) is 0. The van der Waals surface area contributed by atoms with E-state index >= 15 is 0 Å². The van der Waals surface area contributed by atoms with Crippen molar-refractivity contribution in [2.75, 3.05) is 45.3 Å². The van der Waals surface area contributed by atoms with Crippen LogP contribution in [-0.2, 0) is 24.3 Å². The SMILES string of the molecule is COc1cc(S(=O)(=O)N2CCOCC2)ccc1NC(=O)COC(=O)c1cc(C)n(-c2ccc(F)cc2)c1C. The summed E-state index contributed by atoms with van der Waals surface area (Å²) in [7, 11) is -2.39. The Labute approximate surface area is 220 Å². The normalized spacial score (nSPS) is 14.2. The number of nitrogens with zero attached hydrogens (tertiary/aromatic N) is 2. The number of aromatic nitrogens is 1. The maximum Gasteiger partial charge on any atom is 0.340 e. The van der Waals surface area contributed by atoms with E-state index in [4.69, 9.17) is 14.2 Å². The van der Waals surface area contributed by atoms with E-state index < -0.39 is 28.5 Å². The monoisotopic (exact) mass is 545 g/mol. The van der Waals surface area contributed by atoms with E-state index in [-0.39, 0.29) is 40.8 Å². The second-order valence-electron chi connectivity index (χ2n) is 8.60. The number of esters is 1. The summed E-state index contributed by atoms with van der Waals surface area (Å²) < 4.78 is 58.0. The average Bonchev–Trinajstić information content (AvgIpc) is 3.22. The van der Waals surface area contributed by atoms with Gasteiger partial charge in [-0.2, -0.15) is 4.31 Å². The zero-order valence-electron chi connectivity index (χ0n) is 21.2. The Morgan fingerprint density at radius 3 is 2.39 bits per heavy atom. The van der Waals surface area contributed by atoms with E-state index in [0.29, 0.717) is 24.6 Å². The maximum atomic E-state index is 13.3. The summed E-state index contributed by atoms with van der Waals surface area (Å²) >= 11 is 0. The molecule has 0 aliphatic carbocycles. The molecule has 0 bridgehead atoms. The van der Waals surface area contributed by atoms with Gasteiger partial charge >= 0.3 is 5.97 Å². The van der Waals surface area contributed by atoms with Gasteiger partial charge in [0.1, 0.15) is 11.6 Å². The van der Waals surface area contributed by atoms with Crippen LogP contribution in [0.5, 0.6) is 5.75 Å². The highest BCUT2D eigenvalue weighted by molar-refractivity contribution is 7.89. The molecule has 4 rings (SSSR count). The van der Waals surface area contributed by atoms with Gasteiger partial charge in [-0.1, -0.05) is 0 Å². The van der Waals surface area contributed by atoms with Crippen LogP contribution in [0, 0.1) is 19.7 Å². The van der Waals surface area contributed by atoms with Gasteiger partial charge in [-0.15, -0.1) is 0 Å². The summed E-state index contributed by atoms with van der Waals surface area (Å²) in [6, 6.07) is 11.6. The van der Waals surface area contributed by atoms with E-state index in [9.17, 15) is 22.4 Å². The first-order valence-electron chi connectivity index (χ1n) is 11.8. The summed E-state index contributed by atoms with van der Waals surface area (Å²) in [5, 5.41) is 2.58. The molecule has 1 saturated heterocycles. The zero-order valence-corrected chi connectivity index (χ0v) is 22.0. The molecule has 0 spiro atoms. The van der Waals surface area contributed by atoms with Gasteiger partial charge < -0.3 is 24.1 Å². The molecule has 1 N–H and O–H groups in total. The van der Waals surface area contributed by atoms with Crippen LogP contribution in [0.15, 0.2) is 53.4 Å². The first-order chi connectivity index (χ1) is 18.1. The van der Waals surface area contributed by atoms with Crippen molar-refractivity contribution in [2.45, 2.75) is 18.7 Å². The predicted octanol–water partition coefficient (Wildman–Crippen LogP) is 3.06. The number of benzene rings is 2. The third-order valence-corrected chi connectivity index (χ3v) is 8.02. The topological polar surface area (TPSA) is 116 Å². The van der Waals surface area contributed by atoms with Gasteiger partial charge in [0.2, 0.25) is 10.0 Å². The van der Waals surface area contributed by atoms with Crippen molar-refractivity contribution in [1.29, 1.82) is 0 Å². The quantitative estimate of drug-likeness (QED) is 0.433. The first kappa shape index (κ1) is 27.3. The Hall–Kier alpha value is -3.74. The third kappa shape index (κ3) is 5.72. The molecule has 12 heteroatoms. The fourth-order valence-electron chi connectivity index (χ4n) is 4.22. The molecule has 0 atom stereocenters. The minimum absolute atomic E-state index is 0.0252. The molecular weight excluding hydrogens is 517 g/mol. The summed E-state index contributed by atoms with van der Waals surface area (Å²) in [6.45, 7) is 4.09. The number of sulfonamides is 1. The lowest BCUT2D eigenvalue weighted by atomic mass is 10.2. The molecule has 38 heavy (non-hydrogen) atoms. The fraction of sp³-hybridized carbons (Fsp3) is 0.308. The van der Waals surface area contributed by atoms with Crippen LogP contribution in [0.4, 0.5) is 10.1 Å². The largest absolute Gasteiger partial charge is 0.495 e. The van der Waals surface area contributed by atoms with Crippen molar-refractivity contribution in [3.05, 3.63) is 71.3 Å². The number of amides is 1. The molecule has 2 heterocycles. The molecule has 0 unspecified atom stereocenters. The minimum Gasteiger partial charge on any atom is -0.495 e. The highest BCUT2D eigenvalue weighted by atomic mass is 32.2. The molecule has 0 radical (unpaired) electrons. The molecule has 2 aromatic carbocycles. The lowest BCUT2D eigenvalue weighted by Gasteiger charge is -2.26. The van der Waals surface area contributed by atoms with Crippen molar-refractivity contribution in [1.82, 2.24) is 8.87 Å². The van der Waals surface area contributed by atoms with Crippen LogP contribution in [-0.4, -0.2) is 69.2 Å². The number of halogens is 1. The fourth-order valence-corrected chi connectivity index (χ4v) is 5.65. The Morgan fingerprint density at radius 2 is 1.74 bits per heavy atom. The van der Waals surface area contributed by atoms with Gasteiger partial charge in [0.25, 0.3) is 5.91 Å². The van der Waals surface area contributed by atoms with Crippen LogP contribution in [0.3, 0.4) is 0 Å². The number of aryl methyl sites for hydroxylation is 1. The Bertz CT molecular complexity index is 1450. The Kier molecular flexibility index (Phi) is 8.14. The van der Waals surface area contributed by atoms with Gasteiger partial charge in [-0.25, -0.2) is 17.6 Å². The molecule has 10 nitrogen and oxygen atoms in total. The van der Waals surface area contributed by atoms with Gasteiger partial charge in [-0.05, 0) is 56.3 Å². The highest BCUT2D eigenvalue weighted by Gasteiger charge is 2.27. The van der Waals surface area contributed by atoms with Crippen LogP contribution >= 0.6 is 0 Å². The Balaban J connectivity index is 1.42. The maximum absolute atomic E-state index is 13.3. The molecule has 1 fully saturated rings. The molecule has 1 aromatic heterocycles. The van der Waals surface area contributed by atoms with E-state index in [2.05, 4.69) is 5.32 Å². The summed E-state index contributed by atoms with van der Waals surface area (Å²) in [5.41, 5.74) is 2.50. The molecule has 3 aromatic rings. The second kappa shape index (κ2) is 11.3.